The highest BCUT2D eigenvalue weighted by atomic mass is 35.5. The van der Waals surface area contributed by atoms with Crippen molar-refractivity contribution in [2.75, 3.05) is 13.2 Å². The second-order valence-electron chi connectivity index (χ2n) is 5.91. The van der Waals surface area contributed by atoms with Crippen molar-refractivity contribution in [3.8, 4) is 5.75 Å². The number of halogens is 4. The van der Waals surface area contributed by atoms with E-state index >= 15 is 0 Å². The molecule has 5 nitrogen and oxygen atoms in total. The van der Waals surface area contributed by atoms with E-state index in [1.807, 2.05) is 0 Å². The van der Waals surface area contributed by atoms with Gasteiger partial charge in [-0.1, -0.05) is 12.1 Å². The molecule has 0 spiro atoms. The van der Waals surface area contributed by atoms with Crippen LogP contribution < -0.4 is 10.1 Å². The highest BCUT2D eigenvalue weighted by molar-refractivity contribution is 6.53. The Labute approximate surface area is 153 Å². The van der Waals surface area contributed by atoms with Crippen LogP contribution in [0.5, 0.6) is 5.75 Å². The lowest BCUT2D eigenvalue weighted by atomic mass is 10.1. The summed E-state index contributed by atoms with van der Waals surface area (Å²) in [5.41, 5.74) is -0.142. The Morgan fingerprint density at radius 3 is 2.40 bits per heavy atom. The third kappa shape index (κ3) is 5.19. The second-order valence-corrected chi connectivity index (χ2v) is 7.40. The van der Waals surface area contributed by atoms with Crippen molar-refractivity contribution in [1.82, 2.24) is 5.32 Å². The van der Waals surface area contributed by atoms with E-state index in [1.54, 1.807) is 19.1 Å². The molecule has 0 bridgehead atoms. The summed E-state index contributed by atoms with van der Waals surface area (Å²) in [6.07, 6.45) is 0.771. The third-order valence-electron chi connectivity index (χ3n) is 3.93. The molecule has 138 valence electrons. The quantitative estimate of drug-likeness (QED) is 0.542. The maximum absolute atomic E-state index is 12.0. The van der Waals surface area contributed by atoms with Crippen molar-refractivity contribution in [2.45, 2.75) is 30.7 Å². The fourth-order valence-corrected chi connectivity index (χ4v) is 2.84. The van der Waals surface area contributed by atoms with Gasteiger partial charge in [0.25, 0.3) is 5.91 Å². The zero-order valence-electron chi connectivity index (χ0n) is 13.4. The number of alkyl halides is 4. The van der Waals surface area contributed by atoms with Gasteiger partial charge in [-0.15, -0.1) is 23.2 Å². The molecule has 0 saturated heterocycles. The minimum Gasteiger partial charge on any atom is -0.455 e. The van der Waals surface area contributed by atoms with Gasteiger partial charge in [-0.05, 0) is 31.0 Å². The molecule has 0 heterocycles. The van der Waals surface area contributed by atoms with Crippen LogP contribution in [0, 0.1) is 5.41 Å². The van der Waals surface area contributed by atoms with Gasteiger partial charge >= 0.3 is 12.6 Å². The maximum Gasteiger partial charge on any atom is 0.387 e. The molecule has 1 saturated carbocycles. The first-order valence-corrected chi connectivity index (χ1v) is 8.25. The lowest BCUT2D eigenvalue weighted by Gasteiger charge is -2.12. The lowest BCUT2D eigenvalue weighted by Crippen LogP contribution is -2.32. The molecule has 0 aromatic heterocycles. The average molecular weight is 396 g/mol. The Balaban J connectivity index is 1.66. The normalized spacial score (nSPS) is 20.9. The van der Waals surface area contributed by atoms with Crippen LogP contribution >= 0.6 is 23.2 Å². The molecule has 2 rings (SSSR count). The molecule has 9 heteroatoms. The maximum atomic E-state index is 12.0. The molecule has 1 atom stereocenters. The first-order chi connectivity index (χ1) is 11.6. The highest BCUT2D eigenvalue weighted by Gasteiger charge is 2.69. The molecule has 0 unspecified atom stereocenters. The largest absolute Gasteiger partial charge is 0.455 e. The molecule has 1 aliphatic carbocycles. The van der Waals surface area contributed by atoms with Gasteiger partial charge in [-0.3, -0.25) is 9.59 Å². The molecule has 1 fully saturated rings. The van der Waals surface area contributed by atoms with Crippen molar-refractivity contribution >= 4 is 35.1 Å². The van der Waals surface area contributed by atoms with E-state index in [2.05, 4.69) is 10.1 Å². The Bertz CT molecular complexity index is 640. The topological polar surface area (TPSA) is 64.6 Å². The number of esters is 1. The van der Waals surface area contributed by atoms with Crippen LogP contribution in [0.25, 0.3) is 0 Å². The van der Waals surface area contributed by atoms with E-state index in [0.29, 0.717) is 13.0 Å². The first kappa shape index (κ1) is 19.7. The highest BCUT2D eigenvalue weighted by Crippen LogP contribution is 2.64. The number of benzene rings is 1. The monoisotopic (exact) mass is 395 g/mol. The van der Waals surface area contributed by atoms with E-state index in [1.165, 1.54) is 12.1 Å². The van der Waals surface area contributed by atoms with Gasteiger partial charge in [-0.2, -0.15) is 8.78 Å². The standard InChI is InChI=1S/C16H17Cl2F2NO4/c1-15(9-16(15,17)18)13(23)24-8-12(22)21-7-6-10-2-4-11(5-3-10)25-14(19)20/h2-5,14H,6-9H2,1H3,(H,21,22)/t15-/m0/s1. The smallest absolute Gasteiger partial charge is 0.387 e. The summed E-state index contributed by atoms with van der Waals surface area (Å²) in [4.78, 5) is 23.5. The summed E-state index contributed by atoms with van der Waals surface area (Å²) >= 11 is 11.7. The summed E-state index contributed by atoms with van der Waals surface area (Å²) in [5.74, 6) is -0.995. The molecule has 0 radical (unpaired) electrons. The van der Waals surface area contributed by atoms with E-state index < -0.39 is 34.8 Å². The number of carbonyl (C=O) groups is 2. The van der Waals surface area contributed by atoms with Gasteiger partial charge in [-0.25, -0.2) is 0 Å². The first-order valence-electron chi connectivity index (χ1n) is 7.49. The van der Waals surface area contributed by atoms with E-state index in [0.717, 1.165) is 5.56 Å². The minimum absolute atomic E-state index is 0.0675. The van der Waals surface area contributed by atoms with Crippen LogP contribution in [-0.4, -0.2) is 36.0 Å². The average Bonchev–Trinajstić information content (AvgIpc) is 3.06. The number of amides is 1. The van der Waals surface area contributed by atoms with E-state index in [4.69, 9.17) is 27.9 Å². The lowest BCUT2D eigenvalue weighted by molar-refractivity contribution is -0.153. The van der Waals surface area contributed by atoms with Crippen molar-refractivity contribution in [2.24, 2.45) is 5.41 Å². The van der Waals surface area contributed by atoms with Crippen LogP contribution in [-0.2, 0) is 20.7 Å². The van der Waals surface area contributed by atoms with Gasteiger partial charge in [0.15, 0.2) is 6.61 Å². The Hall–Kier alpha value is -1.60. The number of rotatable bonds is 8. The summed E-state index contributed by atoms with van der Waals surface area (Å²) in [5, 5.41) is 2.59. The van der Waals surface area contributed by atoms with Gasteiger partial charge in [0.1, 0.15) is 15.5 Å². The van der Waals surface area contributed by atoms with Crippen molar-refractivity contribution in [3.05, 3.63) is 29.8 Å². The van der Waals surface area contributed by atoms with Crippen molar-refractivity contribution in [1.29, 1.82) is 0 Å². The summed E-state index contributed by atoms with van der Waals surface area (Å²) in [6, 6.07) is 6.09. The fraction of sp³-hybridized carbons (Fsp3) is 0.500. The third-order valence-corrected chi connectivity index (χ3v) is 5.03. The number of nitrogens with one attached hydrogen (secondary N) is 1. The molecule has 1 aliphatic rings. The SMILES string of the molecule is C[C@@]1(C(=O)OCC(=O)NCCc2ccc(OC(F)F)cc2)CC1(Cl)Cl. The van der Waals surface area contributed by atoms with Crippen LogP contribution in [0.1, 0.15) is 18.9 Å². The van der Waals surface area contributed by atoms with Gasteiger partial charge in [0, 0.05) is 13.0 Å². The molecule has 1 aromatic carbocycles. The molecule has 25 heavy (non-hydrogen) atoms. The summed E-state index contributed by atoms with van der Waals surface area (Å²) in [7, 11) is 0. The van der Waals surface area contributed by atoms with Gasteiger partial charge in [0.2, 0.25) is 0 Å². The van der Waals surface area contributed by atoms with Gasteiger partial charge in [0.05, 0.1) is 0 Å². The zero-order valence-corrected chi connectivity index (χ0v) is 14.9. The summed E-state index contributed by atoms with van der Waals surface area (Å²) < 4.78 is 32.1. The van der Waals surface area contributed by atoms with Crippen LogP contribution in [0.15, 0.2) is 24.3 Å². The molecular weight excluding hydrogens is 379 g/mol. The zero-order chi connectivity index (χ0) is 18.7. The molecular formula is C16H17Cl2F2NO4. The number of ether oxygens (including phenoxy) is 2. The fourth-order valence-electron chi connectivity index (χ4n) is 2.15. The molecule has 0 aliphatic heterocycles. The second kappa shape index (κ2) is 7.74. The van der Waals surface area contributed by atoms with Gasteiger partial charge < -0.3 is 14.8 Å². The Kier molecular flexibility index (Phi) is 6.11. The summed E-state index contributed by atoms with van der Waals surface area (Å²) in [6.45, 7) is -1.40. The number of carbonyl (C=O) groups excluding carboxylic acids is 2. The van der Waals surface area contributed by atoms with E-state index in [-0.39, 0.29) is 12.2 Å². The predicted molar refractivity (Wildman–Crippen MR) is 87.9 cm³/mol. The van der Waals surface area contributed by atoms with Crippen molar-refractivity contribution < 1.29 is 27.8 Å². The van der Waals surface area contributed by atoms with Crippen LogP contribution in [0.3, 0.4) is 0 Å². The molecule has 1 aromatic rings. The number of hydrogen-bond acceptors (Lipinski definition) is 4. The number of hydrogen-bond donors (Lipinski definition) is 1. The Morgan fingerprint density at radius 2 is 1.88 bits per heavy atom. The minimum atomic E-state index is -2.87. The molecule has 1 amide bonds. The van der Waals surface area contributed by atoms with E-state index in [9.17, 15) is 18.4 Å². The molecule has 1 N–H and O–H groups in total. The Morgan fingerprint density at radius 1 is 1.28 bits per heavy atom. The predicted octanol–water partition coefficient (Wildman–Crippen LogP) is 3.07. The van der Waals surface area contributed by atoms with Crippen LogP contribution in [0.2, 0.25) is 0 Å². The van der Waals surface area contributed by atoms with Crippen molar-refractivity contribution in [3.63, 3.8) is 0 Å². The van der Waals surface area contributed by atoms with Crippen LogP contribution in [0.4, 0.5) is 8.78 Å².